The predicted octanol–water partition coefficient (Wildman–Crippen LogP) is 0.272. The number of hydrogen-bond acceptors (Lipinski definition) is 4. The molecule has 1 rings (SSSR count). The Kier molecular flexibility index (Phi) is 4.34. The van der Waals surface area contributed by atoms with Gasteiger partial charge in [-0.2, -0.15) is 0 Å². The number of ether oxygens (including phenoxy) is 2. The highest BCUT2D eigenvalue weighted by Crippen LogP contribution is 2.15. The van der Waals surface area contributed by atoms with Crippen LogP contribution >= 0.6 is 0 Å². The Morgan fingerprint density at radius 1 is 1.29 bits per heavy atom. The topological polar surface area (TPSA) is 76.7 Å². The molecular weight excluding hydrogens is 224 g/mol. The van der Waals surface area contributed by atoms with Gasteiger partial charge in [0, 0.05) is 7.05 Å². The van der Waals surface area contributed by atoms with E-state index in [1.54, 1.807) is 27.8 Å². The van der Waals surface area contributed by atoms with Crippen molar-refractivity contribution in [1.82, 2.24) is 10.6 Å². The van der Waals surface area contributed by atoms with Gasteiger partial charge < -0.3 is 20.1 Å². The van der Waals surface area contributed by atoms with Crippen LogP contribution in [0, 0.1) is 5.92 Å². The number of carbonyl (C=O) groups is 2. The maximum Gasteiger partial charge on any atom is 0.407 e. The molecular formula is C11H20N2O4. The lowest BCUT2D eigenvalue weighted by Gasteiger charge is -2.23. The lowest BCUT2D eigenvalue weighted by Crippen LogP contribution is -2.47. The summed E-state index contributed by atoms with van der Waals surface area (Å²) in [5, 5.41) is 5.20. The summed E-state index contributed by atoms with van der Waals surface area (Å²) in [4.78, 5) is 23.1. The maximum absolute atomic E-state index is 11.6. The molecule has 2 N–H and O–H groups in total. The zero-order valence-corrected chi connectivity index (χ0v) is 10.7. The Morgan fingerprint density at radius 3 is 2.47 bits per heavy atom. The van der Waals surface area contributed by atoms with E-state index in [1.807, 2.05) is 0 Å². The van der Waals surface area contributed by atoms with Crippen molar-refractivity contribution in [3.05, 3.63) is 0 Å². The maximum atomic E-state index is 11.6. The van der Waals surface area contributed by atoms with Crippen molar-refractivity contribution < 1.29 is 19.1 Å². The molecule has 0 aromatic carbocycles. The van der Waals surface area contributed by atoms with Crippen LogP contribution in [0.5, 0.6) is 0 Å². The molecule has 0 spiro atoms. The number of carbonyl (C=O) groups excluding carboxylic acids is 2. The highest BCUT2D eigenvalue weighted by atomic mass is 16.6. The van der Waals surface area contributed by atoms with E-state index in [0.29, 0.717) is 13.2 Å². The summed E-state index contributed by atoms with van der Waals surface area (Å²) in [6, 6.07) is -0.329. The SMILES string of the molecule is CNC(=O)[C@@H]1COC[C@@H]1NC(=O)OC(C)(C)C. The smallest absolute Gasteiger partial charge is 0.407 e. The summed E-state index contributed by atoms with van der Waals surface area (Å²) in [6.07, 6.45) is -0.526. The van der Waals surface area contributed by atoms with Gasteiger partial charge >= 0.3 is 6.09 Å². The van der Waals surface area contributed by atoms with Crippen molar-refractivity contribution in [3.63, 3.8) is 0 Å². The van der Waals surface area contributed by atoms with Gasteiger partial charge in [0.1, 0.15) is 5.60 Å². The second-order valence-corrected chi connectivity index (χ2v) is 5.01. The molecule has 17 heavy (non-hydrogen) atoms. The van der Waals surface area contributed by atoms with Gasteiger partial charge in [-0.1, -0.05) is 0 Å². The molecule has 1 aliphatic heterocycles. The third-order valence-electron chi connectivity index (χ3n) is 2.37. The Hall–Kier alpha value is -1.30. The van der Waals surface area contributed by atoms with Crippen LogP contribution in [-0.2, 0) is 14.3 Å². The standard InChI is InChI=1S/C11H20N2O4/c1-11(2,3)17-10(15)13-8-6-16-5-7(8)9(14)12-4/h7-8H,5-6H2,1-4H3,(H,12,14)(H,13,15)/t7-,8+/m1/s1. The normalized spacial score (nSPS) is 24.2. The fourth-order valence-electron chi connectivity index (χ4n) is 1.60. The molecule has 0 saturated carbocycles. The van der Waals surface area contributed by atoms with Crippen molar-refractivity contribution >= 4 is 12.0 Å². The number of nitrogens with one attached hydrogen (secondary N) is 2. The molecule has 0 aromatic heterocycles. The molecule has 0 aromatic rings. The molecule has 0 radical (unpaired) electrons. The third-order valence-corrected chi connectivity index (χ3v) is 2.37. The van der Waals surface area contributed by atoms with E-state index in [9.17, 15) is 9.59 Å². The molecule has 6 nitrogen and oxygen atoms in total. The van der Waals surface area contributed by atoms with Crippen molar-refractivity contribution in [2.75, 3.05) is 20.3 Å². The summed E-state index contributed by atoms with van der Waals surface area (Å²) in [5.74, 6) is -0.490. The first-order valence-corrected chi connectivity index (χ1v) is 5.62. The predicted molar refractivity (Wildman–Crippen MR) is 61.5 cm³/mol. The average Bonchev–Trinajstić information content (AvgIpc) is 2.61. The minimum atomic E-state index is -0.550. The molecule has 2 amide bonds. The van der Waals surface area contributed by atoms with Gasteiger partial charge in [-0.3, -0.25) is 4.79 Å². The van der Waals surface area contributed by atoms with Crippen molar-refractivity contribution in [1.29, 1.82) is 0 Å². The van der Waals surface area contributed by atoms with E-state index < -0.39 is 11.7 Å². The Bertz CT molecular complexity index is 298. The number of amides is 2. The van der Waals surface area contributed by atoms with Crippen LogP contribution in [0.25, 0.3) is 0 Å². The molecule has 1 heterocycles. The van der Waals surface area contributed by atoms with E-state index in [4.69, 9.17) is 9.47 Å². The average molecular weight is 244 g/mol. The Balaban J connectivity index is 2.50. The van der Waals surface area contributed by atoms with Crippen molar-refractivity contribution in [2.24, 2.45) is 5.92 Å². The van der Waals surface area contributed by atoms with Gasteiger partial charge in [0.2, 0.25) is 5.91 Å². The van der Waals surface area contributed by atoms with Crippen LogP contribution in [0.2, 0.25) is 0 Å². The van der Waals surface area contributed by atoms with E-state index in [0.717, 1.165) is 0 Å². The fourth-order valence-corrected chi connectivity index (χ4v) is 1.60. The second kappa shape index (κ2) is 5.35. The highest BCUT2D eigenvalue weighted by molar-refractivity contribution is 5.80. The van der Waals surface area contributed by atoms with Crippen molar-refractivity contribution in [2.45, 2.75) is 32.4 Å². The second-order valence-electron chi connectivity index (χ2n) is 5.01. The molecule has 0 bridgehead atoms. The number of rotatable bonds is 2. The van der Waals surface area contributed by atoms with Gasteiger partial charge in [-0.15, -0.1) is 0 Å². The Morgan fingerprint density at radius 2 is 1.94 bits per heavy atom. The van der Waals surface area contributed by atoms with Crippen LogP contribution < -0.4 is 10.6 Å². The molecule has 98 valence electrons. The van der Waals surface area contributed by atoms with Gasteiger partial charge in [-0.25, -0.2) is 4.79 Å². The monoisotopic (exact) mass is 244 g/mol. The first-order chi connectivity index (χ1) is 7.83. The van der Waals surface area contributed by atoms with Crippen LogP contribution in [0.1, 0.15) is 20.8 Å². The van der Waals surface area contributed by atoms with Gasteiger partial charge in [0.25, 0.3) is 0 Å². The van der Waals surface area contributed by atoms with E-state index in [-0.39, 0.29) is 17.9 Å². The summed E-state index contributed by atoms with van der Waals surface area (Å²) in [7, 11) is 1.56. The van der Waals surface area contributed by atoms with E-state index >= 15 is 0 Å². The summed E-state index contributed by atoms with van der Waals surface area (Å²) in [5.41, 5.74) is -0.550. The van der Waals surface area contributed by atoms with Gasteiger partial charge in [0.15, 0.2) is 0 Å². The van der Waals surface area contributed by atoms with Crippen molar-refractivity contribution in [3.8, 4) is 0 Å². The van der Waals surface area contributed by atoms with Gasteiger partial charge in [0.05, 0.1) is 25.2 Å². The number of hydrogen-bond donors (Lipinski definition) is 2. The number of alkyl carbamates (subject to hydrolysis) is 1. The minimum Gasteiger partial charge on any atom is -0.444 e. The zero-order valence-electron chi connectivity index (χ0n) is 10.7. The quantitative estimate of drug-likeness (QED) is 0.731. The van der Waals surface area contributed by atoms with E-state index in [2.05, 4.69) is 10.6 Å². The molecule has 0 unspecified atom stereocenters. The zero-order chi connectivity index (χ0) is 13.1. The summed E-state index contributed by atoms with van der Waals surface area (Å²) >= 11 is 0. The van der Waals surface area contributed by atoms with E-state index in [1.165, 1.54) is 0 Å². The molecule has 2 atom stereocenters. The first kappa shape index (κ1) is 13.8. The molecule has 1 aliphatic rings. The molecule has 1 fully saturated rings. The minimum absolute atomic E-state index is 0.136. The Labute approximate surface area is 101 Å². The van der Waals surface area contributed by atoms with Gasteiger partial charge in [-0.05, 0) is 20.8 Å². The molecule has 0 aliphatic carbocycles. The highest BCUT2D eigenvalue weighted by Gasteiger charge is 2.35. The lowest BCUT2D eigenvalue weighted by atomic mass is 10.0. The molecule has 1 saturated heterocycles. The van der Waals surface area contributed by atoms with Crippen LogP contribution in [0.3, 0.4) is 0 Å². The lowest BCUT2D eigenvalue weighted by molar-refractivity contribution is -0.124. The van der Waals surface area contributed by atoms with Crippen LogP contribution in [0.4, 0.5) is 4.79 Å². The van der Waals surface area contributed by atoms with Crippen LogP contribution in [-0.4, -0.2) is 43.9 Å². The fraction of sp³-hybridized carbons (Fsp3) is 0.818. The third kappa shape index (κ3) is 4.22. The largest absolute Gasteiger partial charge is 0.444 e. The molecule has 6 heteroatoms. The summed E-state index contributed by atoms with van der Waals surface area (Å²) in [6.45, 7) is 6.01. The van der Waals surface area contributed by atoms with Crippen LogP contribution in [0.15, 0.2) is 0 Å². The first-order valence-electron chi connectivity index (χ1n) is 5.62. The summed E-state index contributed by atoms with van der Waals surface area (Å²) < 4.78 is 10.3.